The summed E-state index contributed by atoms with van der Waals surface area (Å²) < 4.78 is 204. The Morgan fingerprint density at radius 3 is 0.656 bits per heavy atom. The third kappa shape index (κ3) is 16.6. The van der Waals surface area contributed by atoms with Gasteiger partial charge < -0.3 is 19.6 Å². The van der Waals surface area contributed by atoms with Gasteiger partial charge in [0.1, 0.15) is 5.83 Å². The molecule has 1 aliphatic rings. The first-order chi connectivity index (χ1) is 61.0. The maximum atomic E-state index is 17.4. The number of rotatable bonds is 24. The number of hydrogen-bond donors (Lipinski definition) is 0. The molecule has 0 bridgehead atoms. The summed E-state index contributed by atoms with van der Waals surface area (Å²) in [5.74, 6) is -16.4. The van der Waals surface area contributed by atoms with Crippen LogP contribution in [-0.2, 0) is 0 Å². The van der Waals surface area contributed by atoms with Crippen LogP contribution in [0.4, 0.5) is 115 Å². The first-order valence-electron chi connectivity index (χ1n) is 43.8. The van der Waals surface area contributed by atoms with Gasteiger partial charge in [-0.15, -0.1) is 0 Å². The van der Waals surface area contributed by atoms with Crippen LogP contribution in [0.25, 0.3) is 76.8 Å². The van der Waals surface area contributed by atoms with E-state index in [-0.39, 0.29) is 142 Å². The molecule has 0 amide bonds. The molecule has 0 N–H and O–H groups in total. The van der Waals surface area contributed by atoms with E-state index >= 15 is 52.7 Å². The summed E-state index contributed by atoms with van der Waals surface area (Å²) >= 11 is 0. The van der Waals surface area contributed by atoms with E-state index in [2.05, 4.69) is 55.4 Å². The zero-order valence-electron chi connectivity index (χ0n) is 74.3. The van der Waals surface area contributed by atoms with Crippen LogP contribution in [0.1, 0.15) is 203 Å². The quantitative estimate of drug-likeness (QED) is 0.0340. The van der Waals surface area contributed by atoms with Gasteiger partial charge in [-0.1, -0.05) is 256 Å². The molecular weight excluding hydrogens is 1630 g/mol. The number of nitrogens with zero attached hydrogens (tertiary/aromatic N) is 4. The predicted molar refractivity (Wildman–Crippen MR) is 504 cm³/mol. The summed E-state index contributed by atoms with van der Waals surface area (Å²) in [6, 6.07) is 69.8. The molecule has 0 radical (unpaired) electrons. The van der Waals surface area contributed by atoms with E-state index in [9.17, 15) is 0 Å². The van der Waals surface area contributed by atoms with Crippen molar-refractivity contribution in [3.8, 4) is 44.5 Å². The lowest BCUT2D eigenvalue weighted by atomic mass is 9.87. The Morgan fingerprint density at radius 1 is 0.227 bits per heavy atom. The Morgan fingerprint density at radius 2 is 0.438 bits per heavy atom. The fourth-order valence-electron chi connectivity index (χ4n) is 17.7. The van der Waals surface area contributed by atoms with Gasteiger partial charge in [0, 0.05) is 96.7 Å². The Kier molecular flexibility index (Phi) is 24.5. The molecule has 0 aliphatic heterocycles. The number of allylic oxidation sites excluding steroid dienone is 3. The third-order valence-corrected chi connectivity index (χ3v) is 25.1. The lowest BCUT2D eigenvalue weighted by Crippen LogP contribution is -2.26. The molecule has 652 valence electrons. The second-order valence-electron chi connectivity index (χ2n) is 36.2. The first-order valence-corrected chi connectivity index (χ1v) is 43.8. The van der Waals surface area contributed by atoms with Crippen LogP contribution < -0.4 is 19.6 Å². The van der Waals surface area contributed by atoms with E-state index in [1.807, 2.05) is 207 Å². The molecule has 15 aromatic rings. The van der Waals surface area contributed by atoms with E-state index in [0.29, 0.717) is 50.2 Å². The molecule has 4 nitrogen and oxygen atoms in total. The average Bonchev–Trinajstić information content (AvgIpc) is 0.694. The third-order valence-electron chi connectivity index (χ3n) is 25.1. The SMILES string of the molecule is CC(C)c1ccc(-c2cc(C(C)C)ccc2N(C2=CC(F)C(F)C(F)=C2)c2cc(N(c3cc(F)c(F)c(F)c3)c3ccc(C(C)C)cc3-c3ccc(C(C)C)cc3)c3ccc4c(N(c5cc(F)c(F)c(F)c5)c5ccc(C(C)C)cc5-c5ccc(C(C)C)cc5)cc(N(c5cc(F)c(F)c(F)c5)c5ccc(C(C)C)cc5-c5ccc(C(C)C)cc5)c5ccc2c3c54)cc1. The minimum Gasteiger partial charge on any atom is -0.309 e. The minimum absolute atomic E-state index is 0.0738. The normalized spacial score (nSPS) is 13.8. The van der Waals surface area contributed by atoms with Gasteiger partial charge in [0.2, 0.25) is 0 Å². The highest BCUT2D eigenvalue weighted by Gasteiger charge is 2.37. The van der Waals surface area contributed by atoms with Crippen molar-refractivity contribution in [1.82, 2.24) is 0 Å². The molecule has 0 aromatic heterocycles. The zero-order chi connectivity index (χ0) is 91.2. The van der Waals surface area contributed by atoms with Gasteiger partial charge in [0.05, 0.1) is 62.6 Å². The summed E-state index contributed by atoms with van der Waals surface area (Å²) in [5, 5.41) is 1.50. The maximum Gasteiger partial charge on any atom is 0.194 e. The molecule has 15 aromatic carbocycles. The Hall–Kier alpha value is -12.8. The average molecular weight is 1730 g/mol. The maximum absolute atomic E-state index is 17.4. The van der Waals surface area contributed by atoms with Crippen molar-refractivity contribution in [2.45, 2.75) is 170 Å². The molecule has 0 spiro atoms. The Bertz CT molecular complexity index is 6570. The van der Waals surface area contributed by atoms with Crippen LogP contribution in [0.3, 0.4) is 0 Å². The lowest BCUT2D eigenvalue weighted by molar-refractivity contribution is 0.205. The highest BCUT2D eigenvalue weighted by atomic mass is 19.2. The van der Waals surface area contributed by atoms with Crippen LogP contribution in [0.5, 0.6) is 0 Å². The van der Waals surface area contributed by atoms with Crippen molar-refractivity contribution in [1.29, 1.82) is 0 Å². The lowest BCUT2D eigenvalue weighted by Gasteiger charge is -2.36. The molecule has 0 heterocycles. The second-order valence-corrected chi connectivity index (χ2v) is 36.2. The van der Waals surface area contributed by atoms with E-state index < -0.39 is 70.5 Å². The summed E-state index contributed by atoms with van der Waals surface area (Å²) in [4.78, 5) is 6.40. The van der Waals surface area contributed by atoms with Crippen LogP contribution in [0.2, 0.25) is 0 Å². The van der Waals surface area contributed by atoms with Crippen LogP contribution >= 0.6 is 0 Å². The molecule has 0 fully saturated rings. The van der Waals surface area contributed by atoms with E-state index in [4.69, 9.17) is 0 Å². The van der Waals surface area contributed by atoms with Gasteiger partial charge >= 0.3 is 0 Å². The Labute approximate surface area is 741 Å². The van der Waals surface area contributed by atoms with Crippen molar-refractivity contribution < 1.29 is 52.7 Å². The zero-order valence-corrected chi connectivity index (χ0v) is 74.3. The van der Waals surface area contributed by atoms with Crippen molar-refractivity contribution in [3.63, 3.8) is 0 Å². The fourth-order valence-corrected chi connectivity index (χ4v) is 17.7. The van der Waals surface area contributed by atoms with Crippen molar-refractivity contribution in [2.75, 3.05) is 19.6 Å². The molecule has 0 saturated heterocycles. The highest BCUT2D eigenvalue weighted by molar-refractivity contribution is 6.33. The van der Waals surface area contributed by atoms with Crippen molar-refractivity contribution in [3.05, 3.63) is 363 Å². The van der Waals surface area contributed by atoms with Crippen molar-refractivity contribution >= 4 is 94.9 Å². The van der Waals surface area contributed by atoms with Gasteiger partial charge in [-0.25, -0.2) is 52.7 Å². The second kappa shape index (κ2) is 35.4. The van der Waals surface area contributed by atoms with Gasteiger partial charge in [-0.05, 0) is 187 Å². The summed E-state index contributed by atoms with van der Waals surface area (Å²) in [7, 11) is 0. The summed E-state index contributed by atoms with van der Waals surface area (Å²) in [6.45, 7) is 32.6. The fraction of sp³-hybridized carbons (Fsp3) is 0.232. The largest absolute Gasteiger partial charge is 0.309 e. The topological polar surface area (TPSA) is 13.0 Å². The first kappa shape index (κ1) is 88.6. The van der Waals surface area contributed by atoms with E-state index in [1.165, 1.54) is 0 Å². The van der Waals surface area contributed by atoms with Gasteiger partial charge in [0.25, 0.3) is 0 Å². The highest BCUT2D eigenvalue weighted by Crippen LogP contribution is 2.59. The van der Waals surface area contributed by atoms with E-state index in [1.54, 1.807) is 74.2 Å². The molecule has 16 heteroatoms. The van der Waals surface area contributed by atoms with Crippen molar-refractivity contribution in [2.24, 2.45) is 0 Å². The molecule has 128 heavy (non-hydrogen) atoms. The van der Waals surface area contributed by atoms with Gasteiger partial charge in [-0.3, -0.25) is 0 Å². The van der Waals surface area contributed by atoms with Gasteiger partial charge in [0.15, 0.2) is 64.7 Å². The number of anilines is 11. The predicted octanol–water partition coefficient (Wildman–Crippen LogP) is 35.5. The van der Waals surface area contributed by atoms with Crippen LogP contribution in [0, 0.1) is 52.4 Å². The number of benzene rings is 15. The number of hydrogen-bond acceptors (Lipinski definition) is 4. The molecule has 0 saturated carbocycles. The molecule has 2 unspecified atom stereocenters. The molecular formula is C112H100F12N4. The smallest absolute Gasteiger partial charge is 0.194 e. The monoisotopic (exact) mass is 1730 g/mol. The van der Waals surface area contributed by atoms with E-state index in [0.717, 1.165) is 93.1 Å². The van der Waals surface area contributed by atoms with Gasteiger partial charge in [-0.2, -0.15) is 0 Å². The van der Waals surface area contributed by atoms with Crippen LogP contribution in [-0.4, -0.2) is 12.3 Å². The standard InChI is InChI=1S/C112H100F12N4/c1-59(2)67-17-25-71(26-18-67)87-45-75(63(9)10)33-41-99(87)125(79-49-91(113)109(121)92(114)50-79)103-57-104(126(80-51-93(115)110(122)94(116)52-80)100-42-34-76(64(11)12)46-88(100)72-27-19-68(20-28-72)60(3)4)84-39-40-86-106(128(82-55-97(119)112(124)98(120)56-82)102-44-36-78(66(15)16)48-90(102)74-31-23-70(24-32-74)62(7)8)58-105(85-38-37-83(103)107(84)108(85)86)127(81-53-95(117)111(123)96(118)54-81)101-43-35-77(65(13)14)47-89(101)73-29-21-69(22-30-73)61(5)6/h17-66,91,109H,1-16H3. The number of halogens is 12. The Balaban J connectivity index is 1.18. The molecule has 2 atom stereocenters. The minimum atomic E-state index is -2.75. The molecule has 1 aliphatic carbocycles. The summed E-state index contributed by atoms with van der Waals surface area (Å²) in [6.07, 6.45) is -3.43. The summed E-state index contributed by atoms with van der Waals surface area (Å²) in [5.41, 5.74) is 12.5. The van der Waals surface area contributed by atoms with Crippen LogP contribution in [0.15, 0.2) is 266 Å². The molecule has 16 rings (SSSR count). The number of alkyl halides is 2.